The highest BCUT2D eigenvalue weighted by atomic mass is 35.5. The summed E-state index contributed by atoms with van der Waals surface area (Å²) in [6.45, 7) is 1.65. The number of halogens is 2. The van der Waals surface area contributed by atoms with Crippen LogP contribution < -0.4 is 4.90 Å². The maximum atomic E-state index is 12.1. The lowest BCUT2D eigenvalue weighted by Gasteiger charge is -2.49. The van der Waals surface area contributed by atoms with E-state index in [9.17, 15) is 4.79 Å². The van der Waals surface area contributed by atoms with Gasteiger partial charge in [0.2, 0.25) is 0 Å². The molecule has 2 aromatic carbocycles. The van der Waals surface area contributed by atoms with E-state index in [1.54, 1.807) is 0 Å². The maximum absolute atomic E-state index is 12.1. The SMILES string of the molecule is COC(=O)c1nsc2cc(N3C4COCC3CC(OCc3c(-c5c(Cl)cccc5Cl)noc3C3CC3)C4)ccc12. The second kappa shape index (κ2) is 10.6. The van der Waals surface area contributed by atoms with Gasteiger partial charge in [0.25, 0.3) is 0 Å². The molecule has 3 fully saturated rings. The van der Waals surface area contributed by atoms with E-state index in [1.165, 1.54) is 18.6 Å². The minimum absolute atomic E-state index is 0.0599. The quantitative estimate of drug-likeness (QED) is 0.212. The van der Waals surface area contributed by atoms with E-state index in [1.807, 2.05) is 24.3 Å². The van der Waals surface area contributed by atoms with Gasteiger partial charge in [-0.05, 0) is 67.5 Å². The number of fused-ring (bicyclic) bond motifs is 3. The van der Waals surface area contributed by atoms with Crippen LogP contribution in [0.4, 0.5) is 5.69 Å². The number of carbonyl (C=O) groups is 1. The fourth-order valence-electron chi connectivity index (χ4n) is 6.00. The Bertz CT molecular complexity index is 1550. The van der Waals surface area contributed by atoms with Crippen molar-refractivity contribution in [1.29, 1.82) is 0 Å². The first-order chi connectivity index (χ1) is 19.5. The highest BCUT2D eigenvalue weighted by Gasteiger charge is 2.40. The van der Waals surface area contributed by atoms with E-state index in [2.05, 4.69) is 26.6 Å². The minimum atomic E-state index is -0.417. The molecular weight excluding hydrogens is 573 g/mol. The van der Waals surface area contributed by atoms with E-state index in [4.69, 9.17) is 41.9 Å². The van der Waals surface area contributed by atoms with Crippen LogP contribution in [0, 0.1) is 0 Å². The lowest BCUT2D eigenvalue weighted by atomic mass is 9.91. The third kappa shape index (κ3) is 4.67. The van der Waals surface area contributed by atoms with Crippen LogP contribution in [0.15, 0.2) is 40.9 Å². The maximum Gasteiger partial charge on any atom is 0.358 e. The van der Waals surface area contributed by atoms with Gasteiger partial charge < -0.3 is 23.6 Å². The van der Waals surface area contributed by atoms with Crippen molar-refractivity contribution < 1.29 is 23.5 Å². The first-order valence-electron chi connectivity index (χ1n) is 13.4. The number of rotatable bonds is 7. The number of aromatic nitrogens is 2. The molecule has 4 heterocycles. The number of esters is 1. The number of benzene rings is 2. The number of nitrogens with zero attached hydrogens (tertiary/aromatic N) is 3. The molecule has 1 aliphatic carbocycles. The zero-order valence-electron chi connectivity index (χ0n) is 21.8. The number of ether oxygens (including phenoxy) is 3. The third-order valence-electron chi connectivity index (χ3n) is 8.04. The molecule has 3 aliphatic rings. The summed E-state index contributed by atoms with van der Waals surface area (Å²) in [5.41, 5.74) is 3.77. The number of methoxy groups -OCH3 is 1. The van der Waals surface area contributed by atoms with E-state index in [-0.39, 0.29) is 18.2 Å². The number of anilines is 1. The predicted octanol–water partition coefficient (Wildman–Crippen LogP) is 6.88. The van der Waals surface area contributed by atoms with Crippen molar-refractivity contribution in [3.05, 3.63) is 63.5 Å². The Morgan fingerprint density at radius 3 is 2.58 bits per heavy atom. The van der Waals surface area contributed by atoms with E-state index < -0.39 is 5.97 Å². The van der Waals surface area contributed by atoms with Gasteiger partial charge in [-0.3, -0.25) is 0 Å². The van der Waals surface area contributed by atoms with Crippen molar-refractivity contribution in [2.75, 3.05) is 25.2 Å². The molecular formula is C29H27Cl2N3O5S. The van der Waals surface area contributed by atoms with Crippen molar-refractivity contribution in [2.45, 2.75) is 56.4 Å². The fourth-order valence-corrected chi connectivity index (χ4v) is 7.38. The molecule has 0 radical (unpaired) electrons. The molecule has 2 unspecified atom stereocenters. The predicted molar refractivity (Wildman–Crippen MR) is 154 cm³/mol. The van der Waals surface area contributed by atoms with Crippen molar-refractivity contribution >= 4 is 56.5 Å². The Kier molecular flexibility index (Phi) is 6.96. The topological polar surface area (TPSA) is 86.9 Å². The molecule has 8 nitrogen and oxygen atoms in total. The molecule has 1 saturated carbocycles. The number of morpholine rings is 1. The average molecular weight is 601 g/mol. The molecule has 2 saturated heterocycles. The molecule has 2 bridgehead atoms. The van der Waals surface area contributed by atoms with Crippen LogP contribution in [0.25, 0.3) is 21.3 Å². The average Bonchev–Trinajstić information content (AvgIpc) is 3.57. The minimum Gasteiger partial charge on any atom is -0.464 e. The van der Waals surface area contributed by atoms with Gasteiger partial charge in [0, 0.05) is 28.1 Å². The fraction of sp³-hybridized carbons (Fsp3) is 0.414. The van der Waals surface area contributed by atoms with Crippen LogP contribution in [0.5, 0.6) is 0 Å². The second-order valence-electron chi connectivity index (χ2n) is 10.6. The molecule has 208 valence electrons. The smallest absolute Gasteiger partial charge is 0.358 e. The van der Waals surface area contributed by atoms with Crippen molar-refractivity contribution in [3.8, 4) is 11.3 Å². The van der Waals surface area contributed by atoms with Crippen molar-refractivity contribution in [3.63, 3.8) is 0 Å². The van der Waals surface area contributed by atoms with Gasteiger partial charge in [0.05, 0.1) is 59.9 Å². The van der Waals surface area contributed by atoms with Crippen LogP contribution >= 0.6 is 34.7 Å². The first kappa shape index (κ1) is 26.2. The first-order valence-corrected chi connectivity index (χ1v) is 14.9. The van der Waals surface area contributed by atoms with Gasteiger partial charge >= 0.3 is 5.97 Å². The number of hydrogen-bond acceptors (Lipinski definition) is 9. The Labute approximate surface area is 245 Å². The van der Waals surface area contributed by atoms with Crippen LogP contribution in [0.1, 0.15) is 53.4 Å². The van der Waals surface area contributed by atoms with Crippen LogP contribution in [0.3, 0.4) is 0 Å². The van der Waals surface area contributed by atoms with Gasteiger partial charge in [-0.1, -0.05) is 34.4 Å². The van der Waals surface area contributed by atoms with E-state index in [0.717, 1.165) is 52.8 Å². The summed E-state index contributed by atoms with van der Waals surface area (Å²) in [6.07, 6.45) is 3.89. The van der Waals surface area contributed by atoms with Gasteiger partial charge in [0.1, 0.15) is 11.5 Å². The molecule has 0 N–H and O–H groups in total. The Balaban J connectivity index is 1.11. The van der Waals surface area contributed by atoms with Crippen LogP contribution in [-0.4, -0.2) is 54.0 Å². The standard InChI is InChI=1S/C29H27Cl2N3O5S/c1-36-29(35)27-20-8-7-16(11-24(20)40-33-27)34-17-9-19(10-18(34)13-37-12-17)38-14-21-26(32-39-28(21)15-5-6-15)25-22(30)3-2-4-23(25)31/h2-4,7-8,11,15,17-19H,5-6,9-10,12-14H2,1H3. The monoisotopic (exact) mass is 599 g/mol. The highest BCUT2D eigenvalue weighted by molar-refractivity contribution is 7.13. The lowest BCUT2D eigenvalue weighted by molar-refractivity contribution is -0.0394. The normalized spacial score (nSPS) is 22.6. The zero-order chi connectivity index (χ0) is 27.4. The van der Waals surface area contributed by atoms with Gasteiger partial charge in [-0.25, -0.2) is 4.79 Å². The molecule has 2 aromatic heterocycles. The molecule has 4 aromatic rings. The van der Waals surface area contributed by atoms with Gasteiger partial charge in [0.15, 0.2) is 5.69 Å². The van der Waals surface area contributed by atoms with Gasteiger partial charge in [-0.15, -0.1) is 0 Å². The number of piperidine rings is 1. The summed E-state index contributed by atoms with van der Waals surface area (Å²) in [6, 6.07) is 11.9. The van der Waals surface area contributed by atoms with Gasteiger partial charge in [-0.2, -0.15) is 4.37 Å². The molecule has 11 heteroatoms. The number of hydrogen-bond donors (Lipinski definition) is 0. The molecule has 40 heavy (non-hydrogen) atoms. The van der Waals surface area contributed by atoms with E-state index in [0.29, 0.717) is 52.7 Å². The second-order valence-corrected chi connectivity index (χ2v) is 12.2. The lowest BCUT2D eigenvalue weighted by Crippen LogP contribution is -2.58. The van der Waals surface area contributed by atoms with Crippen LogP contribution in [0.2, 0.25) is 10.0 Å². The van der Waals surface area contributed by atoms with E-state index >= 15 is 0 Å². The largest absolute Gasteiger partial charge is 0.464 e. The van der Waals surface area contributed by atoms with Crippen LogP contribution in [-0.2, 0) is 20.8 Å². The molecule has 7 rings (SSSR count). The third-order valence-corrected chi connectivity index (χ3v) is 9.48. The molecule has 0 amide bonds. The molecule has 2 aliphatic heterocycles. The summed E-state index contributed by atoms with van der Waals surface area (Å²) >= 11 is 14.4. The molecule has 0 spiro atoms. The summed E-state index contributed by atoms with van der Waals surface area (Å²) in [5, 5.41) is 6.30. The Hall–Kier alpha value is -2.69. The zero-order valence-corrected chi connectivity index (χ0v) is 24.1. The molecule has 2 atom stereocenters. The van der Waals surface area contributed by atoms with Crippen molar-refractivity contribution in [2.24, 2.45) is 0 Å². The number of carbonyl (C=O) groups excluding carboxylic acids is 1. The highest BCUT2D eigenvalue weighted by Crippen LogP contribution is 2.46. The summed E-state index contributed by atoms with van der Waals surface area (Å²) in [7, 11) is 1.37. The van der Waals surface area contributed by atoms with Crippen molar-refractivity contribution in [1.82, 2.24) is 9.53 Å². The summed E-state index contributed by atoms with van der Waals surface area (Å²) < 4.78 is 28.5. The Morgan fingerprint density at radius 2 is 1.88 bits per heavy atom. The Morgan fingerprint density at radius 1 is 1.12 bits per heavy atom. The summed E-state index contributed by atoms with van der Waals surface area (Å²) in [4.78, 5) is 14.5. The summed E-state index contributed by atoms with van der Waals surface area (Å²) in [5.74, 6) is 0.841.